The van der Waals surface area contributed by atoms with E-state index in [0.717, 1.165) is 64.8 Å². The molecule has 0 bridgehead atoms. The first kappa shape index (κ1) is 64.7. The fourth-order valence-electron chi connectivity index (χ4n) is 11.9. The summed E-state index contributed by atoms with van der Waals surface area (Å²) in [6.07, 6.45) is 4.02. The summed E-state index contributed by atoms with van der Waals surface area (Å²) in [5, 5.41) is 19.9. The first-order chi connectivity index (χ1) is 43.1. The average molecular weight is 1260 g/mol. The summed E-state index contributed by atoms with van der Waals surface area (Å²) >= 11 is 8.54. The van der Waals surface area contributed by atoms with Crippen LogP contribution in [0.1, 0.15) is 82.4 Å². The molecule has 0 spiro atoms. The number of nitrogens with one attached hydrogen (secondary N) is 1. The Labute approximate surface area is 527 Å². The predicted molar refractivity (Wildman–Crippen MR) is 339 cm³/mol. The van der Waals surface area contributed by atoms with Crippen LogP contribution in [-0.2, 0) is 33.3 Å². The Balaban J connectivity index is 0.600. The molecular formula is C66H79ClFN9O11S. The molecule has 3 aromatic heterocycles. The molecule has 4 aromatic carbocycles. The molecule has 7 aromatic rings. The lowest BCUT2D eigenvalue weighted by atomic mass is 9.91. The van der Waals surface area contributed by atoms with E-state index in [4.69, 9.17) is 49.5 Å². The minimum atomic E-state index is -0.661. The van der Waals surface area contributed by atoms with Crippen molar-refractivity contribution < 1.29 is 56.8 Å². The molecule has 474 valence electrons. The third-order valence-electron chi connectivity index (χ3n) is 16.5. The monoisotopic (exact) mass is 1260 g/mol. The van der Waals surface area contributed by atoms with Crippen molar-refractivity contribution in [3.05, 3.63) is 119 Å². The maximum atomic E-state index is 17.1. The SMILES string of the molecule is C=CC(=O)N1CCN(c2nc(O[C@H](C)CN3CCC(OCCOCCOCCOCCOc4cc(C(C(=O)N5CCC[C@H]5C(=O)N[C@@H](C)c5ccc(-c6scnc6C)cc5)C(C)C)on4)CC3)nc3c(F)c(-c4cc(O)cc5ccccc45)c(Cl)cc23)CC1. The summed E-state index contributed by atoms with van der Waals surface area (Å²) in [7, 11) is 0. The predicted octanol–water partition coefficient (Wildman–Crippen LogP) is 10.2. The zero-order valence-corrected chi connectivity index (χ0v) is 52.7. The summed E-state index contributed by atoms with van der Waals surface area (Å²) in [5.41, 5.74) is 5.47. The molecule has 23 heteroatoms. The number of ether oxygens (including phenoxy) is 6. The van der Waals surface area contributed by atoms with E-state index >= 15 is 4.39 Å². The van der Waals surface area contributed by atoms with Crippen LogP contribution in [0, 0.1) is 18.7 Å². The third kappa shape index (κ3) is 16.0. The Bertz CT molecular complexity index is 3560. The van der Waals surface area contributed by atoms with Crippen LogP contribution in [0.4, 0.5) is 10.2 Å². The van der Waals surface area contributed by atoms with Gasteiger partial charge >= 0.3 is 6.01 Å². The van der Waals surface area contributed by atoms with Crippen molar-refractivity contribution in [2.45, 2.75) is 90.5 Å². The molecule has 10 rings (SSSR count). The third-order valence-corrected chi connectivity index (χ3v) is 17.8. The van der Waals surface area contributed by atoms with Gasteiger partial charge in [0, 0.05) is 69.4 Å². The number of hydrogen-bond donors (Lipinski definition) is 2. The van der Waals surface area contributed by atoms with E-state index in [1.54, 1.807) is 39.3 Å². The topological polar surface area (TPSA) is 217 Å². The zero-order chi connectivity index (χ0) is 62.6. The van der Waals surface area contributed by atoms with E-state index < -0.39 is 17.8 Å². The number of halogens is 2. The summed E-state index contributed by atoms with van der Waals surface area (Å²) in [6, 6.07) is 21.2. The Morgan fingerprint density at radius 2 is 1.56 bits per heavy atom. The standard InChI is InChI=1S/C66H79ClFN9O11S/c1-7-57(79)75-23-25-76(26-24-75)63-52-37-53(67)59(51-36-48(78)35-47-11-8-9-12-50(47)51)60(68)61(52)71-66(72-63)87-42(4)39-74-21-18-49(19-22-74)85-33-31-83-29-27-82-28-30-84-32-34-86-56-38-55(88-73-56)58(41(2)3)65(81)77-20-10-13-54(77)64(80)70-43(5)45-14-16-46(17-15-45)62-44(6)69-40-89-62/h7-9,11-12,14-17,35-38,40-43,49,54,58,78H,1,10,13,18-34,39H2,2-6H3,(H,70,80)/t42-,43+,54+,58?/m1/s1. The van der Waals surface area contributed by atoms with E-state index in [-0.39, 0.29) is 82.2 Å². The van der Waals surface area contributed by atoms with Gasteiger partial charge in [0.25, 0.3) is 5.88 Å². The van der Waals surface area contributed by atoms with Gasteiger partial charge < -0.3 is 58.1 Å². The van der Waals surface area contributed by atoms with Crippen molar-refractivity contribution in [1.82, 2.24) is 40.1 Å². The Morgan fingerprint density at radius 1 is 0.854 bits per heavy atom. The second-order valence-electron chi connectivity index (χ2n) is 23.1. The number of nitrogens with zero attached hydrogens (tertiary/aromatic N) is 8. The largest absolute Gasteiger partial charge is 0.508 e. The molecule has 0 radical (unpaired) electrons. The number of amides is 3. The molecule has 3 aliphatic rings. The summed E-state index contributed by atoms with van der Waals surface area (Å²) in [4.78, 5) is 62.9. The minimum Gasteiger partial charge on any atom is -0.508 e. The number of carbonyl (C=O) groups is 3. The Hall–Kier alpha value is -7.31. The number of aromatic nitrogens is 4. The van der Waals surface area contributed by atoms with Gasteiger partial charge in [0.05, 0.1) is 79.5 Å². The van der Waals surface area contributed by atoms with Gasteiger partial charge in [0.2, 0.25) is 17.7 Å². The number of likely N-dealkylation sites (tertiary alicyclic amines) is 2. The number of anilines is 1. The normalized spacial score (nSPS) is 16.9. The van der Waals surface area contributed by atoms with Crippen LogP contribution in [0.2, 0.25) is 5.02 Å². The lowest BCUT2D eigenvalue weighted by Crippen LogP contribution is -2.48. The number of phenols is 1. The van der Waals surface area contributed by atoms with Crippen molar-refractivity contribution in [2.24, 2.45) is 5.92 Å². The highest BCUT2D eigenvalue weighted by Crippen LogP contribution is 2.43. The average Bonchev–Trinajstić information content (AvgIpc) is 2.02. The van der Waals surface area contributed by atoms with Crippen molar-refractivity contribution in [3.63, 3.8) is 0 Å². The van der Waals surface area contributed by atoms with Gasteiger partial charge in [0.1, 0.15) is 41.8 Å². The molecule has 3 saturated heterocycles. The molecule has 0 saturated carbocycles. The number of carbonyl (C=O) groups excluding carboxylic acids is 3. The van der Waals surface area contributed by atoms with Crippen molar-refractivity contribution >= 4 is 68.2 Å². The lowest BCUT2D eigenvalue weighted by Gasteiger charge is -2.35. The van der Waals surface area contributed by atoms with Gasteiger partial charge in [0.15, 0.2) is 11.6 Å². The lowest BCUT2D eigenvalue weighted by molar-refractivity contribution is -0.141. The summed E-state index contributed by atoms with van der Waals surface area (Å²) < 4.78 is 58.3. The summed E-state index contributed by atoms with van der Waals surface area (Å²) in [5.74, 6) is -0.867. The number of phenolic OH excluding ortho intramolecular Hbond substituents is 1. The van der Waals surface area contributed by atoms with Crippen LogP contribution in [0.15, 0.2) is 95.5 Å². The van der Waals surface area contributed by atoms with Gasteiger partial charge in [-0.1, -0.05) is 80.6 Å². The van der Waals surface area contributed by atoms with Crippen LogP contribution in [0.25, 0.3) is 43.2 Å². The Kier molecular flexibility index (Phi) is 22.1. The first-order valence-electron chi connectivity index (χ1n) is 30.7. The number of aryl methyl sites for hydroxylation is 1. The molecule has 2 N–H and O–H groups in total. The molecule has 3 aliphatic heterocycles. The number of hydrogen-bond acceptors (Lipinski definition) is 18. The molecule has 3 amide bonds. The maximum Gasteiger partial charge on any atom is 0.319 e. The number of aromatic hydroxyl groups is 1. The number of piperazine rings is 1. The van der Waals surface area contributed by atoms with Crippen LogP contribution in [-0.4, -0.2) is 181 Å². The van der Waals surface area contributed by atoms with Gasteiger partial charge in [-0.2, -0.15) is 9.97 Å². The number of benzene rings is 4. The fourth-order valence-corrected chi connectivity index (χ4v) is 13.0. The van der Waals surface area contributed by atoms with Crippen LogP contribution >= 0.6 is 22.9 Å². The number of fused-ring (bicyclic) bond motifs is 2. The van der Waals surface area contributed by atoms with E-state index in [1.807, 2.05) is 93.6 Å². The Morgan fingerprint density at radius 3 is 2.26 bits per heavy atom. The second kappa shape index (κ2) is 30.5. The van der Waals surface area contributed by atoms with Crippen molar-refractivity contribution in [3.8, 4) is 39.2 Å². The van der Waals surface area contributed by atoms with Crippen LogP contribution in [0.5, 0.6) is 17.6 Å². The molecule has 0 aliphatic carbocycles. The smallest absolute Gasteiger partial charge is 0.319 e. The molecule has 89 heavy (non-hydrogen) atoms. The molecule has 1 unspecified atom stereocenters. The number of rotatable bonds is 28. The minimum absolute atomic E-state index is 0.0213. The first-order valence-corrected chi connectivity index (χ1v) is 31.9. The highest BCUT2D eigenvalue weighted by Gasteiger charge is 2.41. The zero-order valence-electron chi connectivity index (χ0n) is 51.2. The van der Waals surface area contributed by atoms with Crippen molar-refractivity contribution in [2.75, 3.05) is 110 Å². The number of piperidine rings is 1. The van der Waals surface area contributed by atoms with Gasteiger partial charge in [-0.25, -0.2) is 9.37 Å². The quantitative estimate of drug-likeness (QED) is 0.0344. The molecule has 20 nitrogen and oxygen atoms in total. The second-order valence-corrected chi connectivity index (χ2v) is 24.3. The van der Waals surface area contributed by atoms with E-state index in [2.05, 4.69) is 31.9 Å². The van der Waals surface area contributed by atoms with Crippen molar-refractivity contribution in [1.29, 1.82) is 0 Å². The number of thiazole rings is 1. The van der Waals surface area contributed by atoms with E-state index in [1.165, 1.54) is 12.1 Å². The van der Waals surface area contributed by atoms with Crippen LogP contribution < -0.4 is 19.7 Å². The molecule has 6 heterocycles. The van der Waals surface area contributed by atoms with Gasteiger partial charge in [-0.15, -0.1) is 11.3 Å². The van der Waals surface area contributed by atoms with Gasteiger partial charge in [-0.3, -0.25) is 19.3 Å². The highest BCUT2D eigenvalue weighted by atomic mass is 35.5. The molecule has 3 fully saturated rings. The molecule has 4 atom stereocenters. The van der Waals surface area contributed by atoms with E-state index in [0.29, 0.717) is 114 Å². The van der Waals surface area contributed by atoms with Crippen LogP contribution in [0.3, 0.4) is 0 Å². The molecular weight excluding hydrogens is 1180 g/mol. The van der Waals surface area contributed by atoms with E-state index in [9.17, 15) is 19.5 Å². The fraction of sp³-hybridized carbons (Fsp3) is 0.470. The highest BCUT2D eigenvalue weighted by molar-refractivity contribution is 7.13. The van der Waals surface area contributed by atoms with Gasteiger partial charge in [-0.05, 0) is 109 Å². The maximum absolute atomic E-state index is 17.1. The summed E-state index contributed by atoms with van der Waals surface area (Å²) in [6.45, 7) is 20.8.